The minimum atomic E-state index is -0.646. The Hall–Kier alpha value is -2.78. The lowest BCUT2D eigenvalue weighted by Gasteiger charge is -2.04. The van der Waals surface area contributed by atoms with Crippen molar-refractivity contribution in [3.63, 3.8) is 0 Å². The number of nitrogens with one attached hydrogen (secondary N) is 2. The lowest BCUT2D eigenvalue weighted by molar-refractivity contribution is 1.01. The van der Waals surface area contributed by atoms with Crippen LogP contribution >= 0.6 is 11.8 Å². The molecular weight excluding hydrogens is 298 g/mol. The third kappa shape index (κ3) is 2.95. The van der Waals surface area contributed by atoms with Gasteiger partial charge in [-0.25, -0.2) is 0 Å². The van der Waals surface area contributed by atoms with Crippen LogP contribution in [0.15, 0.2) is 57.1 Å². The fourth-order valence-corrected chi connectivity index (χ4v) is 2.93. The molecule has 0 bridgehead atoms. The lowest BCUT2D eigenvalue weighted by atomic mass is 10.1. The molecule has 0 aliphatic rings. The lowest BCUT2D eigenvalue weighted by Crippen LogP contribution is -2.29. The summed E-state index contributed by atoms with van der Waals surface area (Å²) in [6, 6.07) is 13.6. The zero-order chi connectivity index (χ0) is 15.5. The van der Waals surface area contributed by atoms with E-state index in [0.29, 0.717) is 17.0 Å². The first-order valence-electron chi connectivity index (χ1n) is 6.53. The number of benzene rings is 2. The Morgan fingerprint density at radius 3 is 2.59 bits per heavy atom. The van der Waals surface area contributed by atoms with E-state index in [1.165, 1.54) is 6.20 Å². The molecule has 22 heavy (non-hydrogen) atoms. The second-order valence-corrected chi connectivity index (χ2v) is 5.77. The van der Waals surface area contributed by atoms with Crippen LogP contribution in [-0.2, 0) is 5.75 Å². The van der Waals surface area contributed by atoms with E-state index in [9.17, 15) is 9.59 Å². The quantitative estimate of drug-likeness (QED) is 0.574. The molecule has 0 spiro atoms. The van der Waals surface area contributed by atoms with E-state index in [-0.39, 0.29) is 0 Å². The molecule has 6 heteroatoms. The molecule has 5 nitrogen and oxygen atoms in total. The normalized spacial score (nSPS) is 10.5. The fourth-order valence-electron chi connectivity index (χ4n) is 2.08. The van der Waals surface area contributed by atoms with Crippen LogP contribution in [0.1, 0.15) is 11.3 Å². The average Bonchev–Trinajstić information content (AvgIpc) is 2.55. The summed E-state index contributed by atoms with van der Waals surface area (Å²) in [6.07, 6.45) is 1.51. The summed E-state index contributed by atoms with van der Waals surface area (Å²) >= 11 is 1.56. The molecule has 0 fully saturated rings. The van der Waals surface area contributed by atoms with Crippen molar-refractivity contribution in [1.29, 1.82) is 5.26 Å². The molecule has 0 atom stereocenters. The van der Waals surface area contributed by atoms with Gasteiger partial charge in [-0.1, -0.05) is 12.1 Å². The molecule has 2 aromatic carbocycles. The fraction of sp³-hybridized carbons (Fsp3) is 0.0625. The molecule has 0 radical (unpaired) electrons. The number of hydrogen-bond acceptors (Lipinski definition) is 4. The van der Waals surface area contributed by atoms with Gasteiger partial charge in [0.05, 0.1) is 11.6 Å². The van der Waals surface area contributed by atoms with E-state index >= 15 is 0 Å². The smallest absolute Gasteiger partial charge is 0.313 e. The number of H-pyrrole nitrogens is 2. The van der Waals surface area contributed by atoms with Crippen molar-refractivity contribution in [3.8, 4) is 6.07 Å². The van der Waals surface area contributed by atoms with Crippen molar-refractivity contribution >= 4 is 22.5 Å². The second kappa shape index (κ2) is 5.92. The van der Waals surface area contributed by atoms with Gasteiger partial charge in [0.25, 0.3) is 0 Å². The van der Waals surface area contributed by atoms with Gasteiger partial charge in [0.1, 0.15) is 0 Å². The zero-order valence-electron chi connectivity index (χ0n) is 11.4. The van der Waals surface area contributed by atoms with Crippen molar-refractivity contribution in [2.45, 2.75) is 10.6 Å². The van der Waals surface area contributed by atoms with E-state index in [2.05, 4.69) is 16.0 Å². The monoisotopic (exact) mass is 309 g/mol. The van der Waals surface area contributed by atoms with Crippen LogP contribution in [0.5, 0.6) is 0 Å². The molecule has 1 heterocycles. The largest absolute Gasteiger partial charge is 0.323 e. The van der Waals surface area contributed by atoms with E-state index < -0.39 is 11.1 Å². The number of fused-ring (bicyclic) bond motifs is 1. The molecule has 3 rings (SSSR count). The van der Waals surface area contributed by atoms with Crippen LogP contribution in [0.25, 0.3) is 10.8 Å². The molecule has 2 N–H and O–H groups in total. The van der Waals surface area contributed by atoms with Crippen molar-refractivity contribution in [1.82, 2.24) is 9.97 Å². The molecule has 0 aliphatic heterocycles. The maximum absolute atomic E-state index is 11.3. The first-order valence-corrected chi connectivity index (χ1v) is 7.52. The van der Waals surface area contributed by atoms with Crippen LogP contribution in [0.4, 0.5) is 0 Å². The number of nitriles is 1. The first kappa shape index (κ1) is 14.2. The van der Waals surface area contributed by atoms with Gasteiger partial charge < -0.3 is 9.97 Å². The Labute approximate surface area is 129 Å². The highest BCUT2D eigenvalue weighted by Crippen LogP contribution is 2.26. The van der Waals surface area contributed by atoms with Gasteiger partial charge in [0.2, 0.25) is 0 Å². The van der Waals surface area contributed by atoms with Gasteiger partial charge in [-0.15, -0.1) is 11.8 Å². The molecule has 0 amide bonds. The van der Waals surface area contributed by atoms with E-state index in [4.69, 9.17) is 5.26 Å². The van der Waals surface area contributed by atoms with Gasteiger partial charge >= 0.3 is 11.1 Å². The Morgan fingerprint density at radius 1 is 1.05 bits per heavy atom. The highest BCUT2D eigenvalue weighted by Gasteiger charge is 2.02. The predicted molar refractivity (Wildman–Crippen MR) is 85.9 cm³/mol. The maximum atomic E-state index is 11.3. The van der Waals surface area contributed by atoms with E-state index in [1.54, 1.807) is 17.8 Å². The number of hydrogen-bond donors (Lipinski definition) is 2. The highest BCUT2D eigenvalue weighted by molar-refractivity contribution is 7.98. The Bertz CT molecular complexity index is 998. The van der Waals surface area contributed by atoms with Crippen LogP contribution in [0.3, 0.4) is 0 Å². The SMILES string of the molecule is N#Cc1ccc2cc(SCc3c[nH]c(=O)c(=O)[nH]3)ccc2c1. The van der Waals surface area contributed by atoms with Crippen LogP contribution in [-0.4, -0.2) is 9.97 Å². The highest BCUT2D eigenvalue weighted by atomic mass is 32.2. The molecule has 3 aromatic rings. The molecule has 0 saturated carbocycles. The predicted octanol–water partition coefficient (Wildman–Crippen LogP) is 2.38. The summed E-state index contributed by atoms with van der Waals surface area (Å²) < 4.78 is 0. The summed E-state index contributed by atoms with van der Waals surface area (Å²) in [7, 11) is 0. The molecule has 0 aliphatic carbocycles. The average molecular weight is 309 g/mol. The molecule has 1 aromatic heterocycles. The van der Waals surface area contributed by atoms with Gasteiger partial charge in [0.15, 0.2) is 0 Å². The van der Waals surface area contributed by atoms with Gasteiger partial charge in [-0.3, -0.25) is 9.59 Å². The third-order valence-electron chi connectivity index (χ3n) is 3.19. The van der Waals surface area contributed by atoms with E-state index in [1.807, 2.05) is 30.3 Å². The van der Waals surface area contributed by atoms with Gasteiger partial charge in [0, 0.05) is 22.5 Å². The number of thioether (sulfide) groups is 1. The van der Waals surface area contributed by atoms with Crippen molar-refractivity contribution in [2.75, 3.05) is 0 Å². The molecule has 0 unspecified atom stereocenters. The van der Waals surface area contributed by atoms with Crippen molar-refractivity contribution < 1.29 is 0 Å². The summed E-state index contributed by atoms with van der Waals surface area (Å²) in [6.45, 7) is 0. The molecule has 0 saturated heterocycles. The van der Waals surface area contributed by atoms with Crippen molar-refractivity contribution in [2.24, 2.45) is 0 Å². The second-order valence-electron chi connectivity index (χ2n) is 4.72. The third-order valence-corrected chi connectivity index (χ3v) is 4.24. The van der Waals surface area contributed by atoms with Crippen molar-refractivity contribution in [3.05, 3.63) is 74.6 Å². The topological polar surface area (TPSA) is 89.5 Å². The van der Waals surface area contributed by atoms with E-state index in [0.717, 1.165) is 15.7 Å². The minimum absolute atomic E-state index is 0.549. The Balaban J connectivity index is 1.82. The number of aromatic amines is 2. The Kier molecular flexibility index (Phi) is 3.81. The van der Waals surface area contributed by atoms with Gasteiger partial charge in [-0.05, 0) is 35.0 Å². The van der Waals surface area contributed by atoms with Crippen LogP contribution < -0.4 is 11.1 Å². The first-order chi connectivity index (χ1) is 10.7. The number of aromatic nitrogens is 2. The summed E-state index contributed by atoms with van der Waals surface area (Å²) in [5.41, 5.74) is 0.0154. The molecular formula is C16H11N3O2S. The summed E-state index contributed by atoms with van der Waals surface area (Å²) in [5, 5.41) is 11.0. The molecule has 108 valence electrons. The van der Waals surface area contributed by atoms with Gasteiger partial charge in [-0.2, -0.15) is 5.26 Å². The van der Waals surface area contributed by atoms with Crippen LogP contribution in [0.2, 0.25) is 0 Å². The maximum Gasteiger partial charge on any atom is 0.313 e. The standard InChI is InChI=1S/C16H11N3O2S/c17-7-10-1-2-12-6-14(4-3-11(12)5-10)22-9-13-8-18-15(20)16(21)19-13/h1-6,8H,9H2,(H,18,20)(H,19,21). The number of rotatable bonds is 3. The Morgan fingerprint density at radius 2 is 1.82 bits per heavy atom. The van der Waals surface area contributed by atoms with Crippen LogP contribution in [0, 0.1) is 11.3 Å². The minimum Gasteiger partial charge on any atom is -0.323 e. The number of nitrogens with zero attached hydrogens (tertiary/aromatic N) is 1. The summed E-state index contributed by atoms with van der Waals surface area (Å²) in [4.78, 5) is 28.3. The zero-order valence-corrected chi connectivity index (χ0v) is 12.2. The summed E-state index contributed by atoms with van der Waals surface area (Å²) in [5.74, 6) is 0.549.